The molecule has 5 rings (SSSR count). The van der Waals surface area contributed by atoms with Gasteiger partial charge in [0.25, 0.3) is 0 Å². The van der Waals surface area contributed by atoms with Gasteiger partial charge in [-0.25, -0.2) is 18.2 Å². The summed E-state index contributed by atoms with van der Waals surface area (Å²) in [7, 11) is 0. The number of aryl methyl sites for hydroxylation is 1. The Balaban J connectivity index is 1.84. The van der Waals surface area contributed by atoms with Gasteiger partial charge in [0.2, 0.25) is 5.91 Å². The van der Waals surface area contributed by atoms with Gasteiger partial charge in [-0.2, -0.15) is 5.26 Å². The summed E-state index contributed by atoms with van der Waals surface area (Å²) in [6.45, 7) is 13.5. The molecule has 0 spiro atoms. The fraction of sp³-hybridized carbons (Fsp3) is 0.333. The van der Waals surface area contributed by atoms with Crippen LogP contribution in [-0.2, 0) is 4.79 Å². The fourth-order valence-corrected chi connectivity index (χ4v) is 6.96. The Morgan fingerprint density at radius 2 is 1.83 bits per heavy atom. The minimum absolute atomic E-state index is 0.0274. The minimum atomic E-state index is -1.85. The standard InChI is InChI=1S/C33H32Cl2F3N7O2/c1-7-21(46)44-16(5)12-43(13-17(44)6)31-18-10-20(34)29(22-23(35)24(36)25(37)26(38)27(22)40)42-32(18)45(33(47)19(31)11-39)30-15(4)8-9-41-28(30)14(2)3/h7-10,14,16-17,33,47H,1,12-13,40H2,2-6H3/t16-,17+,33?. The number of hydrogen-bond donors (Lipinski definition) is 2. The number of anilines is 3. The Bertz CT molecular complexity index is 1850. The number of piperazine rings is 1. The number of carbonyl (C=O) groups is 1. The number of pyridine rings is 2. The molecule has 0 saturated carbocycles. The SMILES string of the molecule is C=CC(=O)N1[C@H](C)CN(C2=C(C#N)C(O)N(c3c(C)ccnc3C(C)C)c3nc(-c4c(N)c(F)c(F)c(F)c4Cl)c(Cl)cc32)C[C@@H]1C. The lowest BCUT2D eigenvalue weighted by molar-refractivity contribution is -0.132. The normalized spacial score (nSPS) is 19.6. The number of rotatable bonds is 5. The second kappa shape index (κ2) is 12.7. The number of nitriles is 1. The van der Waals surface area contributed by atoms with E-state index in [4.69, 9.17) is 33.9 Å². The van der Waals surface area contributed by atoms with Gasteiger partial charge >= 0.3 is 0 Å². The van der Waals surface area contributed by atoms with Gasteiger partial charge in [0.1, 0.15) is 17.5 Å². The highest BCUT2D eigenvalue weighted by atomic mass is 35.5. The predicted octanol–water partition coefficient (Wildman–Crippen LogP) is 6.69. The molecule has 1 saturated heterocycles. The first-order valence-electron chi connectivity index (χ1n) is 14.7. The lowest BCUT2D eigenvalue weighted by Crippen LogP contribution is -2.58. The Kier molecular flexibility index (Phi) is 9.21. The molecule has 2 aliphatic rings. The molecule has 3 N–H and O–H groups in total. The maximum absolute atomic E-state index is 14.8. The molecule has 0 radical (unpaired) electrons. The van der Waals surface area contributed by atoms with Crippen molar-refractivity contribution in [3.8, 4) is 17.3 Å². The molecule has 2 aliphatic heterocycles. The number of benzene rings is 1. The van der Waals surface area contributed by atoms with E-state index in [1.54, 1.807) is 24.1 Å². The van der Waals surface area contributed by atoms with E-state index >= 15 is 0 Å². The summed E-state index contributed by atoms with van der Waals surface area (Å²) >= 11 is 13.0. The summed E-state index contributed by atoms with van der Waals surface area (Å²) in [6, 6.07) is 4.69. The number of nitrogens with two attached hydrogens (primary N) is 1. The van der Waals surface area contributed by atoms with Crippen molar-refractivity contribution in [1.82, 2.24) is 19.8 Å². The van der Waals surface area contributed by atoms with Gasteiger partial charge in [-0.05, 0) is 50.5 Å². The zero-order valence-electron chi connectivity index (χ0n) is 26.2. The molecule has 4 heterocycles. The molecule has 0 aliphatic carbocycles. The molecule has 246 valence electrons. The lowest BCUT2D eigenvalue weighted by Gasteiger charge is -2.48. The van der Waals surface area contributed by atoms with E-state index in [1.807, 2.05) is 32.6 Å². The van der Waals surface area contributed by atoms with Crippen LogP contribution in [0.4, 0.5) is 30.4 Å². The molecule has 2 aromatic heterocycles. The molecule has 3 aromatic rings. The average molecular weight is 687 g/mol. The van der Waals surface area contributed by atoms with Gasteiger partial charge in [0.15, 0.2) is 23.7 Å². The number of aliphatic hydroxyl groups excluding tert-OH is 1. The first-order chi connectivity index (χ1) is 22.2. The molecule has 1 unspecified atom stereocenters. The van der Waals surface area contributed by atoms with Crippen molar-refractivity contribution >= 4 is 52.0 Å². The van der Waals surface area contributed by atoms with Crippen molar-refractivity contribution in [2.45, 2.75) is 58.8 Å². The topological polar surface area (TPSA) is 123 Å². The quantitative estimate of drug-likeness (QED) is 0.132. The number of aromatic nitrogens is 2. The number of halogens is 5. The highest BCUT2D eigenvalue weighted by molar-refractivity contribution is 6.37. The molecular formula is C33H32Cl2F3N7O2. The first kappa shape index (κ1) is 34.0. The maximum Gasteiger partial charge on any atom is 0.246 e. The van der Waals surface area contributed by atoms with Gasteiger partial charge < -0.3 is 20.6 Å². The molecule has 1 amide bonds. The van der Waals surface area contributed by atoms with Crippen molar-refractivity contribution < 1.29 is 23.1 Å². The highest BCUT2D eigenvalue weighted by Crippen LogP contribution is 2.49. The van der Waals surface area contributed by atoms with Gasteiger partial charge in [0.05, 0.1) is 38.5 Å². The summed E-state index contributed by atoms with van der Waals surface area (Å²) in [6.07, 6.45) is 1.25. The third-order valence-electron chi connectivity index (χ3n) is 8.46. The second-order valence-corrected chi connectivity index (χ2v) is 12.7. The van der Waals surface area contributed by atoms with Crippen LogP contribution < -0.4 is 10.6 Å². The largest absolute Gasteiger partial charge is 0.396 e. The molecule has 0 bridgehead atoms. The van der Waals surface area contributed by atoms with Crippen LogP contribution in [0.3, 0.4) is 0 Å². The van der Waals surface area contributed by atoms with Crippen molar-refractivity contribution in [2.24, 2.45) is 0 Å². The summed E-state index contributed by atoms with van der Waals surface area (Å²) in [5.74, 6) is -5.53. The Morgan fingerprint density at radius 1 is 1.19 bits per heavy atom. The van der Waals surface area contributed by atoms with Gasteiger partial charge in [0, 0.05) is 42.5 Å². The number of aliphatic hydroxyl groups is 1. The van der Waals surface area contributed by atoms with Crippen LogP contribution in [0.15, 0.2) is 36.6 Å². The van der Waals surface area contributed by atoms with Crippen molar-refractivity contribution in [2.75, 3.05) is 23.7 Å². The number of carbonyl (C=O) groups excluding carboxylic acids is 1. The van der Waals surface area contributed by atoms with Gasteiger partial charge in [-0.3, -0.25) is 14.7 Å². The van der Waals surface area contributed by atoms with E-state index < -0.39 is 40.0 Å². The van der Waals surface area contributed by atoms with Crippen LogP contribution in [0.1, 0.15) is 50.4 Å². The summed E-state index contributed by atoms with van der Waals surface area (Å²) in [4.78, 5) is 26.9. The molecule has 9 nitrogen and oxygen atoms in total. The van der Waals surface area contributed by atoms with E-state index in [9.17, 15) is 28.3 Å². The van der Waals surface area contributed by atoms with Crippen molar-refractivity contribution in [1.29, 1.82) is 5.26 Å². The third kappa shape index (κ3) is 5.46. The van der Waals surface area contributed by atoms with E-state index in [0.717, 1.165) is 0 Å². The van der Waals surface area contributed by atoms with Crippen LogP contribution in [-0.4, -0.2) is 62.2 Å². The van der Waals surface area contributed by atoms with Crippen LogP contribution >= 0.6 is 23.2 Å². The number of nitrogen functional groups attached to an aromatic ring is 1. The Hall–Kier alpha value is -4.31. The van der Waals surface area contributed by atoms with Crippen LogP contribution in [0.25, 0.3) is 17.0 Å². The third-order valence-corrected chi connectivity index (χ3v) is 9.11. The number of fused-ring (bicyclic) bond motifs is 1. The van der Waals surface area contributed by atoms with Gasteiger partial charge in [-0.1, -0.05) is 43.6 Å². The average Bonchev–Trinajstić information content (AvgIpc) is 3.02. The van der Waals surface area contributed by atoms with E-state index in [0.29, 0.717) is 28.2 Å². The Morgan fingerprint density at radius 3 is 2.40 bits per heavy atom. The monoisotopic (exact) mass is 685 g/mol. The zero-order chi connectivity index (χ0) is 34.6. The molecule has 1 fully saturated rings. The zero-order valence-corrected chi connectivity index (χ0v) is 27.8. The van der Waals surface area contributed by atoms with Crippen molar-refractivity contribution in [3.63, 3.8) is 0 Å². The number of nitrogens with zero attached hydrogens (tertiary/aromatic N) is 6. The molecule has 14 heteroatoms. The maximum atomic E-state index is 14.8. The fourth-order valence-electron chi connectivity index (χ4n) is 6.44. The summed E-state index contributed by atoms with van der Waals surface area (Å²) < 4.78 is 43.8. The molecular weight excluding hydrogens is 654 g/mol. The van der Waals surface area contributed by atoms with Gasteiger partial charge in [-0.15, -0.1) is 0 Å². The number of amides is 1. The molecule has 1 aromatic carbocycles. The van der Waals surface area contributed by atoms with Crippen LogP contribution in [0, 0.1) is 35.7 Å². The minimum Gasteiger partial charge on any atom is -0.396 e. The summed E-state index contributed by atoms with van der Waals surface area (Å²) in [5.41, 5.74) is 6.63. The van der Waals surface area contributed by atoms with E-state index in [2.05, 4.69) is 17.6 Å². The van der Waals surface area contributed by atoms with Crippen LogP contribution in [0.2, 0.25) is 10.0 Å². The highest BCUT2D eigenvalue weighted by Gasteiger charge is 2.42. The molecule has 3 atom stereocenters. The Labute approximate surface area is 280 Å². The van der Waals surface area contributed by atoms with Crippen LogP contribution in [0.5, 0.6) is 0 Å². The number of hydrogen-bond acceptors (Lipinski definition) is 8. The van der Waals surface area contributed by atoms with Crippen molar-refractivity contribution in [3.05, 3.63) is 80.9 Å². The first-order valence-corrected chi connectivity index (χ1v) is 15.5. The summed E-state index contributed by atoms with van der Waals surface area (Å²) in [5, 5.41) is 21.6. The predicted molar refractivity (Wildman–Crippen MR) is 175 cm³/mol. The lowest BCUT2D eigenvalue weighted by atomic mass is 9.93. The molecule has 47 heavy (non-hydrogen) atoms. The van der Waals surface area contributed by atoms with E-state index in [1.165, 1.54) is 17.0 Å². The second-order valence-electron chi connectivity index (χ2n) is 11.9. The van der Waals surface area contributed by atoms with E-state index in [-0.39, 0.29) is 59.1 Å². The smallest absolute Gasteiger partial charge is 0.246 e.